The van der Waals surface area contributed by atoms with Crippen molar-refractivity contribution < 1.29 is 4.74 Å². The molecule has 0 aromatic heterocycles. The average molecular weight is 325 g/mol. The highest BCUT2D eigenvalue weighted by molar-refractivity contribution is 4.92. The lowest BCUT2D eigenvalue weighted by Crippen LogP contribution is -2.14. The third-order valence-electron chi connectivity index (χ3n) is 5.32. The van der Waals surface area contributed by atoms with Gasteiger partial charge in [-0.3, -0.25) is 0 Å². The lowest BCUT2D eigenvalue weighted by atomic mass is 9.92. The fourth-order valence-electron chi connectivity index (χ4n) is 3.85. The predicted octanol–water partition coefficient (Wildman–Crippen LogP) is 7.67. The predicted molar refractivity (Wildman–Crippen MR) is 103 cm³/mol. The Bertz CT molecular complexity index is 255. The lowest BCUT2D eigenvalue weighted by molar-refractivity contribution is 0.244. The number of ether oxygens (including phenoxy) is 1. The second kappa shape index (κ2) is 13.3. The van der Waals surface area contributed by atoms with Gasteiger partial charge in [-0.05, 0) is 18.8 Å². The van der Waals surface area contributed by atoms with E-state index in [0.717, 1.165) is 12.5 Å². The summed E-state index contributed by atoms with van der Waals surface area (Å²) in [5.41, 5.74) is 0.311. The smallest absolute Gasteiger partial charge is 0.0919 e. The largest absolute Gasteiger partial charge is 0.370 e. The van der Waals surface area contributed by atoms with E-state index >= 15 is 0 Å². The fourth-order valence-corrected chi connectivity index (χ4v) is 3.85. The van der Waals surface area contributed by atoms with Gasteiger partial charge in [0.2, 0.25) is 0 Å². The summed E-state index contributed by atoms with van der Waals surface area (Å²) in [5, 5.41) is 0. The number of unbranched alkanes of at least 4 members (excludes halogenated alkanes) is 13. The minimum Gasteiger partial charge on any atom is -0.370 e. The molecule has 0 aromatic carbocycles. The quantitative estimate of drug-likeness (QED) is 0.197. The number of hydrogen-bond donors (Lipinski definition) is 0. The van der Waals surface area contributed by atoms with E-state index in [1.54, 1.807) is 0 Å². The van der Waals surface area contributed by atoms with Crippen LogP contribution in [-0.4, -0.2) is 12.2 Å². The molecule has 1 rings (SSSR count). The molecule has 1 fully saturated rings. The second-order valence-electron chi connectivity index (χ2n) is 8.42. The Hall–Kier alpha value is -0.0400. The summed E-state index contributed by atoms with van der Waals surface area (Å²) < 4.78 is 5.72. The normalized spacial score (nSPS) is 20.3. The van der Waals surface area contributed by atoms with Gasteiger partial charge in [0.1, 0.15) is 0 Å². The third kappa shape index (κ3) is 12.0. The van der Waals surface area contributed by atoms with Gasteiger partial charge in [0.15, 0.2) is 0 Å². The summed E-state index contributed by atoms with van der Waals surface area (Å²) in [6, 6.07) is 0. The number of rotatable bonds is 17. The van der Waals surface area contributed by atoms with Crippen molar-refractivity contribution in [3.05, 3.63) is 0 Å². The molecule has 1 aliphatic rings. The van der Waals surface area contributed by atoms with Crippen molar-refractivity contribution in [2.45, 2.75) is 129 Å². The zero-order valence-electron chi connectivity index (χ0n) is 16.5. The zero-order chi connectivity index (χ0) is 16.8. The SMILES string of the molecule is CCCCCCCCCCCCCCCCC1(CC(C)C)CO1. The lowest BCUT2D eigenvalue weighted by Gasteiger charge is -2.13. The summed E-state index contributed by atoms with van der Waals surface area (Å²) in [6.07, 6.45) is 22.8. The minimum atomic E-state index is 0.311. The second-order valence-corrected chi connectivity index (χ2v) is 8.42. The van der Waals surface area contributed by atoms with Crippen LogP contribution in [0.1, 0.15) is 124 Å². The van der Waals surface area contributed by atoms with Gasteiger partial charge in [-0.25, -0.2) is 0 Å². The van der Waals surface area contributed by atoms with Crippen LogP contribution < -0.4 is 0 Å². The summed E-state index contributed by atoms with van der Waals surface area (Å²) in [4.78, 5) is 0. The van der Waals surface area contributed by atoms with Gasteiger partial charge in [-0.15, -0.1) is 0 Å². The molecule has 0 saturated carbocycles. The van der Waals surface area contributed by atoms with Gasteiger partial charge in [0, 0.05) is 0 Å². The molecule has 1 nitrogen and oxygen atoms in total. The number of epoxide rings is 1. The minimum absolute atomic E-state index is 0.311. The molecule has 1 unspecified atom stereocenters. The topological polar surface area (TPSA) is 12.5 Å². The van der Waals surface area contributed by atoms with Crippen LogP contribution in [0.4, 0.5) is 0 Å². The highest BCUT2D eigenvalue weighted by atomic mass is 16.6. The zero-order valence-corrected chi connectivity index (χ0v) is 16.5. The molecule has 1 heterocycles. The molecule has 0 spiro atoms. The first kappa shape index (κ1) is 21.0. The van der Waals surface area contributed by atoms with E-state index in [-0.39, 0.29) is 0 Å². The van der Waals surface area contributed by atoms with Crippen molar-refractivity contribution in [2.24, 2.45) is 5.92 Å². The van der Waals surface area contributed by atoms with Gasteiger partial charge in [-0.2, -0.15) is 0 Å². The van der Waals surface area contributed by atoms with Crippen LogP contribution in [0.2, 0.25) is 0 Å². The Morgan fingerprint density at radius 3 is 1.43 bits per heavy atom. The van der Waals surface area contributed by atoms with Crippen molar-refractivity contribution in [1.82, 2.24) is 0 Å². The third-order valence-corrected chi connectivity index (χ3v) is 5.32. The Morgan fingerprint density at radius 1 is 0.696 bits per heavy atom. The van der Waals surface area contributed by atoms with Crippen molar-refractivity contribution in [2.75, 3.05) is 6.61 Å². The van der Waals surface area contributed by atoms with Crippen LogP contribution in [0, 0.1) is 5.92 Å². The first-order valence-electron chi connectivity index (χ1n) is 10.8. The van der Waals surface area contributed by atoms with E-state index in [2.05, 4.69) is 20.8 Å². The van der Waals surface area contributed by atoms with E-state index in [1.807, 2.05) is 0 Å². The van der Waals surface area contributed by atoms with Crippen LogP contribution in [0.25, 0.3) is 0 Å². The summed E-state index contributed by atoms with van der Waals surface area (Å²) in [6.45, 7) is 7.95. The highest BCUT2D eigenvalue weighted by Crippen LogP contribution is 2.38. The molecule has 0 radical (unpaired) electrons. The van der Waals surface area contributed by atoms with Crippen molar-refractivity contribution >= 4 is 0 Å². The van der Waals surface area contributed by atoms with Crippen molar-refractivity contribution in [3.8, 4) is 0 Å². The molecule has 1 aliphatic heterocycles. The maximum absolute atomic E-state index is 5.72. The standard InChI is InChI=1S/C22H44O/c1-4-5-6-7-8-9-10-11-12-13-14-15-16-17-18-22(20-23-22)19-21(2)3/h21H,4-20H2,1-3H3. The first-order valence-corrected chi connectivity index (χ1v) is 10.8. The van der Waals surface area contributed by atoms with Gasteiger partial charge >= 0.3 is 0 Å². The Morgan fingerprint density at radius 2 is 1.09 bits per heavy atom. The summed E-state index contributed by atoms with van der Waals surface area (Å²) >= 11 is 0. The highest BCUT2D eigenvalue weighted by Gasteiger charge is 2.43. The molecular formula is C22H44O. The molecule has 138 valence electrons. The first-order chi connectivity index (χ1) is 11.2. The van der Waals surface area contributed by atoms with Crippen LogP contribution >= 0.6 is 0 Å². The molecule has 0 amide bonds. The van der Waals surface area contributed by atoms with E-state index in [1.165, 1.54) is 103 Å². The van der Waals surface area contributed by atoms with Gasteiger partial charge in [-0.1, -0.05) is 111 Å². The van der Waals surface area contributed by atoms with Crippen LogP contribution in [0.15, 0.2) is 0 Å². The van der Waals surface area contributed by atoms with Gasteiger partial charge in [0.05, 0.1) is 12.2 Å². The molecule has 23 heavy (non-hydrogen) atoms. The molecule has 1 heteroatoms. The van der Waals surface area contributed by atoms with Gasteiger partial charge in [0.25, 0.3) is 0 Å². The van der Waals surface area contributed by atoms with Crippen LogP contribution in [0.3, 0.4) is 0 Å². The Kier molecular flexibility index (Phi) is 12.1. The Labute approximate surface area is 147 Å². The monoisotopic (exact) mass is 324 g/mol. The van der Waals surface area contributed by atoms with E-state index in [4.69, 9.17) is 4.74 Å². The van der Waals surface area contributed by atoms with Crippen LogP contribution in [0.5, 0.6) is 0 Å². The van der Waals surface area contributed by atoms with E-state index in [0.29, 0.717) is 5.60 Å². The molecule has 0 N–H and O–H groups in total. The molecule has 1 atom stereocenters. The summed E-state index contributed by atoms with van der Waals surface area (Å²) in [7, 11) is 0. The molecular weight excluding hydrogens is 280 g/mol. The fraction of sp³-hybridized carbons (Fsp3) is 1.00. The maximum atomic E-state index is 5.72. The van der Waals surface area contributed by atoms with Crippen molar-refractivity contribution in [1.29, 1.82) is 0 Å². The summed E-state index contributed by atoms with van der Waals surface area (Å²) in [5.74, 6) is 0.782. The molecule has 0 bridgehead atoms. The van der Waals surface area contributed by atoms with E-state index < -0.39 is 0 Å². The van der Waals surface area contributed by atoms with Crippen LogP contribution in [-0.2, 0) is 4.74 Å². The molecule has 0 aromatic rings. The number of hydrogen-bond acceptors (Lipinski definition) is 1. The van der Waals surface area contributed by atoms with E-state index in [9.17, 15) is 0 Å². The van der Waals surface area contributed by atoms with Gasteiger partial charge < -0.3 is 4.74 Å². The average Bonchev–Trinajstić information content (AvgIpc) is 3.26. The maximum Gasteiger partial charge on any atom is 0.0919 e. The van der Waals surface area contributed by atoms with Crippen molar-refractivity contribution in [3.63, 3.8) is 0 Å². The molecule has 1 saturated heterocycles. The Balaban J connectivity index is 1.74. The molecule has 0 aliphatic carbocycles.